The third kappa shape index (κ3) is 4.59. The Morgan fingerprint density at radius 3 is 2.84 bits per heavy atom. The van der Waals surface area contributed by atoms with E-state index in [1.807, 2.05) is 25.1 Å². The second kappa shape index (κ2) is 8.86. The molecule has 0 aliphatic heterocycles. The van der Waals surface area contributed by atoms with Gasteiger partial charge in [-0.25, -0.2) is 4.98 Å². The van der Waals surface area contributed by atoms with Crippen LogP contribution in [0.4, 0.5) is 5.82 Å². The number of rotatable bonds is 7. The summed E-state index contributed by atoms with van der Waals surface area (Å²) in [5.41, 5.74) is 2.67. The summed E-state index contributed by atoms with van der Waals surface area (Å²) in [7, 11) is 0. The maximum Gasteiger partial charge on any atom is 0.212 e. The summed E-state index contributed by atoms with van der Waals surface area (Å²) in [4.78, 5) is 4.23. The van der Waals surface area contributed by atoms with Crippen LogP contribution in [0, 0.1) is 11.3 Å². The van der Waals surface area contributed by atoms with Crippen LogP contribution < -0.4 is 5.01 Å². The molecule has 1 aromatic carbocycles. The standard InChI is InChI=1S/C19H19ClN4O/c1-4-15-11-17(20)7-6-16(15)13-25-19(5-2)24(22-3)18-10-14(12-21)8-9-23-18/h5-11H,3-4,13H2,1-2H3/b19-5+. The molecule has 0 unspecified atom stereocenters. The molecule has 2 aromatic rings. The van der Waals surface area contributed by atoms with Crippen LogP contribution in [0.15, 0.2) is 53.6 Å². The van der Waals surface area contributed by atoms with Gasteiger partial charge >= 0.3 is 0 Å². The van der Waals surface area contributed by atoms with Crippen molar-refractivity contribution in [2.75, 3.05) is 5.01 Å². The van der Waals surface area contributed by atoms with Gasteiger partial charge in [-0.3, -0.25) is 0 Å². The first kappa shape index (κ1) is 18.5. The van der Waals surface area contributed by atoms with Crippen LogP contribution >= 0.6 is 11.6 Å². The molecule has 0 saturated carbocycles. The molecular weight excluding hydrogens is 336 g/mol. The number of anilines is 1. The fourth-order valence-corrected chi connectivity index (χ4v) is 2.54. The first-order chi connectivity index (χ1) is 12.1. The normalized spacial score (nSPS) is 10.9. The number of hydrogen-bond donors (Lipinski definition) is 0. The van der Waals surface area contributed by atoms with Crippen LogP contribution in [0.1, 0.15) is 30.5 Å². The number of aryl methyl sites for hydroxylation is 1. The number of pyridine rings is 1. The maximum atomic E-state index is 9.05. The van der Waals surface area contributed by atoms with E-state index in [0.717, 1.165) is 17.5 Å². The molecule has 0 aliphatic carbocycles. The van der Waals surface area contributed by atoms with E-state index >= 15 is 0 Å². The van der Waals surface area contributed by atoms with E-state index in [2.05, 4.69) is 29.8 Å². The number of ether oxygens (including phenoxy) is 1. The molecule has 1 aromatic heterocycles. The van der Waals surface area contributed by atoms with Gasteiger partial charge in [0.2, 0.25) is 5.88 Å². The summed E-state index contributed by atoms with van der Waals surface area (Å²) in [6, 6.07) is 11.1. The van der Waals surface area contributed by atoms with Crippen molar-refractivity contribution in [2.24, 2.45) is 5.10 Å². The van der Waals surface area contributed by atoms with E-state index in [9.17, 15) is 0 Å². The highest BCUT2D eigenvalue weighted by Crippen LogP contribution is 2.22. The van der Waals surface area contributed by atoms with Gasteiger partial charge in [-0.2, -0.15) is 15.4 Å². The van der Waals surface area contributed by atoms with E-state index in [0.29, 0.717) is 28.9 Å². The first-order valence-corrected chi connectivity index (χ1v) is 8.20. The number of benzene rings is 1. The van der Waals surface area contributed by atoms with Crippen LogP contribution in [-0.4, -0.2) is 11.7 Å². The van der Waals surface area contributed by atoms with Gasteiger partial charge in [0.15, 0.2) is 5.82 Å². The smallest absolute Gasteiger partial charge is 0.212 e. The monoisotopic (exact) mass is 354 g/mol. The summed E-state index contributed by atoms with van der Waals surface area (Å²) in [5.74, 6) is 0.948. The third-order valence-electron chi connectivity index (χ3n) is 3.61. The summed E-state index contributed by atoms with van der Waals surface area (Å²) in [6.07, 6.45) is 4.18. The Bertz CT molecular complexity index is 826. The Morgan fingerprint density at radius 2 is 2.20 bits per heavy atom. The number of nitriles is 1. The molecule has 0 spiro atoms. The van der Waals surface area contributed by atoms with E-state index in [4.69, 9.17) is 21.6 Å². The number of hydrogen-bond acceptors (Lipinski definition) is 5. The van der Waals surface area contributed by atoms with Gasteiger partial charge in [0.05, 0.1) is 11.6 Å². The fraction of sp³-hybridized carbons (Fsp3) is 0.211. The number of aromatic nitrogens is 1. The van der Waals surface area contributed by atoms with Gasteiger partial charge in [-0.1, -0.05) is 24.6 Å². The van der Waals surface area contributed by atoms with Gasteiger partial charge in [-0.05, 0) is 48.7 Å². The Kier molecular flexibility index (Phi) is 6.55. The van der Waals surface area contributed by atoms with E-state index in [-0.39, 0.29) is 0 Å². The molecule has 128 valence electrons. The Labute approximate surface area is 152 Å². The molecule has 0 aliphatic rings. The highest BCUT2D eigenvalue weighted by atomic mass is 35.5. The van der Waals surface area contributed by atoms with E-state index in [1.165, 1.54) is 5.01 Å². The lowest BCUT2D eigenvalue weighted by Gasteiger charge is -2.21. The molecule has 0 bridgehead atoms. The van der Waals surface area contributed by atoms with Gasteiger partial charge in [-0.15, -0.1) is 0 Å². The van der Waals surface area contributed by atoms with Crippen molar-refractivity contribution < 1.29 is 4.74 Å². The molecule has 0 fully saturated rings. The van der Waals surface area contributed by atoms with Crippen molar-refractivity contribution in [3.05, 3.63) is 70.2 Å². The molecule has 0 saturated heterocycles. The lowest BCUT2D eigenvalue weighted by Crippen LogP contribution is -2.19. The Balaban J connectivity index is 2.21. The summed E-state index contributed by atoms with van der Waals surface area (Å²) in [6.45, 7) is 7.85. The summed E-state index contributed by atoms with van der Waals surface area (Å²) in [5, 5.41) is 15.2. The highest BCUT2D eigenvalue weighted by molar-refractivity contribution is 6.30. The van der Waals surface area contributed by atoms with Crippen LogP contribution in [0.2, 0.25) is 5.02 Å². The zero-order chi connectivity index (χ0) is 18.2. The fourth-order valence-electron chi connectivity index (χ4n) is 2.34. The van der Waals surface area contributed by atoms with Crippen molar-refractivity contribution in [1.29, 1.82) is 5.26 Å². The van der Waals surface area contributed by atoms with Crippen molar-refractivity contribution in [3.8, 4) is 6.07 Å². The zero-order valence-corrected chi connectivity index (χ0v) is 15.0. The van der Waals surface area contributed by atoms with Crippen molar-refractivity contribution in [1.82, 2.24) is 4.98 Å². The Hall–Kier alpha value is -2.84. The first-order valence-electron chi connectivity index (χ1n) is 7.82. The average Bonchev–Trinajstić information content (AvgIpc) is 2.65. The van der Waals surface area contributed by atoms with Crippen molar-refractivity contribution in [2.45, 2.75) is 26.9 Å². The lowest BCUT2D eigenvalue weighted by atomic mass is 10.1. The topological polar surface area (TPSA) is 61.5 Å². The van der Waals surface area contributed by atoms with Crippen LogP contribution in [0.5, 0.6) is 0 Å². The number of hydrazone groups is 1. The molecule has 1 heterocycles. The third-order valence-corrected chi connectivity index (χ3v) is 3.85. The van der Waals surface area contributed by atoms with Gasteiger partial charge in [0.1, 0.15) is 6.61 Å². The predicted molar refractivity (Wildman–Crippen MR) is 100 cm³/mol. The van der Waals surface area contributed by atoms with Gasteiger partial charge in [0.25, 0.3) is 0 Å². The van der Waals surface area contributed by atoms with Gasteiger partial charge in [0, 0.05) is 24.0 Å². The SMILES string of the molecule is C=NN(/C(=C\C)OCc1ccc(Cl)cc1CC)c1cc(C#N)ccn1. The van der Waals surface area contributed by atoms with E-state index in [1.54, 1.807) is 24.4 Å². The maximum absolute atomic E-state index is 9.05. The minimum absolute atomic E-state index is 0.365. The molecular formula is C19H19ClN4O. The molecule has 0 N–H and O–H groups in total. The van der Waals surface area contributed by atoms with E-state index < -0.39 is 0 Å². The minimum atomic E-state index is 0.365. The summed E-state index contributed by atoms with van der Waals surface area (Å²) >= 11 is 6.05. The second-order valence-corrected chi connectivity index (χ2v) is 5.59. The van der Waals surface area contributed by atoms with Crippen LogP contribution in [0.25, 0.3) is 0 Å². The Morgan fingerprint density at radius 1 is 1.40 bits per heavy atom. The average molecular weight is 355 g/mol. The van der Waals surface area contributed by atoms with Crippen LogP contribution in [0.3, 0.4) is 0 Å². The minimum Gasteiger partial charge on any atom is -0.473 e. The molecule has 5 nitrogen and oxygen atoms in total. The number of halogens is 1. The summed E-state index contributed by atoms with van der Waals surface area (Å²) < 4.78 is 5.93. The number of nitrogens with zero attached hydrogens (tertiary/aromatic N) is 4. The molecule has 0 atom stereocenters. The van der Waals surface area contributed by atoms with Crippen molar-refractivity contribution in [3.63, 3.8) is 0 Å². The van der Waals surface area contributed by atoms with Crippen molar-refractivity contribution >= 4 is 24.1 Å². The largest absolute Gasteiger partial charge is 0.473 e. The van der Waals surface area contributed by atoms with Gasteiger partial charge < -0.3 is 4.74 Å². The lowest BCUT2D eigenvalue weighted by molar-refractivity contribution is 0.189. The molecule has 0 amide bonds. The molecule has 6 heteroatoms. The van der Waals surface area contributed by atoms with Crippen LogP contribution in [-0.2, 0) is 17.8 Å². The molecule has 2 rings (SSSR count). The second-order valence-electron chi connectivity index (χ2n) is 5.15. The zero-order valence-electron chi connectivity index (χ0n) is 14.2. The predicted octanol–water partition coefficient (Wildman–Crippen LogP) is 4.67. The molecule has 25 heavy (non-hydrogen) atoms. The number of allylic oxidation sites excluding steroid dienone is 1. The quantitative estimate of drug-likeness (QED) is 0.412. The highest BCUT2D eigenvalue weighted by Gasteiger charge is 2.14. The molecule has 0 radical (unpaired) electrons.